The highest BCUT2D eigenvalue weighted by Crippen LogP contribution is 2.35. The number of pyridine rings is 1. The minimum Gasteiger partial charge on any atom is -0.309 e. The van der Waals surface area contributed by atoms with Gasteiger partial charge in [0.25, 0.3) is 0 Å². The Morgan fingerprint density at radius 2 is 1.79 bits per heavy atom. The van der Waals surface area contributed by atoms with E-state index in [-0.39, 0.29) is 12.3 Å². The Morgan fingerprint density at radius 1 is 1.00 bits per heavy atom. The highest BCUT2D eigenvalue weighted by atomic mass is 19.4. The molecule has 1 fully saturated rings. The first-order valence-corrected chi connectivity index (χ1v) is 9.61. The molecule has 1 aromatic carbocycles. The lowest BCUT2D eigenvalue weighted by Gasteiger charge is -2.28. The second kappa shape index (κ2) is 7.54. The predicted octanol–water partition coefficient (Wildman–Crippen LogP) is 4.14. The lowest BCUT2D eigenvalue weighted by atomic mass is 10.0. The van der Waals surface area contributed by atoms with Crippen LogP contribution in [-0.2, 0) is 17.4 Å². The standard InChI is InChI=1S/C21H22F3N3O/c22-21(23,24)17-6-4-5-15(11-17)16-12-19-18(25-14-16)13-20(28)27(19)10-9-26-7-2-1-3-8-26/h4-6,11-12,14H,1-3,7-10,13H2. The van der Waals surface area contributed by atoms with Gasteiger partial charge in [0.05, 0.1) is 23.4 Å². The molecule has 0 aliphatic carbocycles. The van der Waals surface area contributed by atoms with Crippen molar-refractivity contribution in [2.24, 2.45) is 0 Å². The molecular formula is C21H22F3N3O. The monoisotopic (exact) mass is 389 g/mol. The first-order chi connectivity index (χ1) is 13.4. The number of halogens is 3. The van der Waals surface area contributed by atoms with Crippen molar-refractivity contribution in [3.05, 3.63) is 47.8 Å². The number of anilines is 1. The third kappa shape index (κ3) is 3.90. The van der Waals surface area contributed by atoms with Crippen LogP contribution in [0, 0.1) is 0 Å². The van der Waals surface area contributed by atoms with Gasteiger partial charge in [-0.3, -0.25) is 9.78 Å². The van der Waals surface area contributed by atoms with Crippen molar-refractivity contribution in [3.63, 3.8) is 0 Å². The molecule has 28 heavy (non-hydrogen) atoms. The Hall–Kier alpha value is -2.41. The van der Waals surface area contributed by atoms with Gasteiger partial charge in [0.1, 0.15) is 0 Å². The third-order valence-electron chi connectivity index (χ3n) is 5.47. The normalized spacial score (nSPS) is 17.8. The Bertz CT molecular complexity index is 875. The molecule has 1 amide bonds. The van der Waals surface area contributed by atoms with Crippen LogP contribution in [0.3, 0.4) is 0 Å². The lowest BCUT2D eigenvalue weighted by Crippen LogP contribution is -2.39. The molecule has 4 nitrogen and oxygen atoms in total. The number of alkyl halides is 3. The third-order valence-corrected chi connectivity index (χ3v) is 5.47. The van der Waals surface area contributed by atoms with Crippen molar-refractivity contribution in [3.8, 4) is 11.1 Å². The van der Waals surface area contributed by atoms with Gasteiger partial charge in [-0.15, -0.1) is 0 Å². The lowest BCUT2D eigenvalue weighted by molar-refractivity contribution is -0.137. The van der Waals surface area contributed by atoms with Crippen LogP contribution >= 0.6 is 0 Å². The number of amides is 1. The van der Waals surface area contributed by atoms with E-state index in [1.807, 2.05) is 0 Å². The van der Waals surface area contributed by atoms with Crippen LogP contribution in [0.4, 0.5) is 18.9 Å². The SMILES string of the molecule is O=C1Cc2ncc(-c3cccc(C(F)(F)F)c3)cc2N1CCN1CCCCC1. The van der Waals surface area contributed by atoms with Crippen molar-refractivity contribution in [2.75, 3.05) is 31.1 Å². The van der Waals surface area contributed by atoms with Crippen molar-refractivity contribution in [2.45, 2.75) is 31.9 Å². The summed E-state index contributed by atoms with van der Waals surface area (Å²) in [6, 6.07) is 6.99. The second-order valence-corrected chi connectivity index (χ2v) is 7.39. The molecule has 0 spiro atoms. The summed E-state index contributed by atoms with van der Waals surface area (Å²) in [4.78, 5) is 20.9. The Morgan fingerprint density at radius 3 is 2.54 bits per heavy atom. The molecule has 0 radical (unpaired) electrons. The zero-order chi connectivity index (χ0) is 19.7. The van der Waals surface area contributed by atoms with Crippen molar-refractivity contribution < 1.29 is 18.0 Å². The molecule has 148 valence electrons. The molecule has 0 saturated carbocycles. The summed E-state index contributed by atoms with van der Waals surface area (Å²) in [5, 5.41) is 0. The molecule has 0 atom stereocenters. The average Bonchev–Trinajstić information content (AvgIpc) is 3.01. The van der Waals surface area contributed by atoms with Crippen molar-refractivity contribution >= 4 is 11.6 Å². The summed E-state index contributed by atoms with van der Waals surface area (Å²) in [5.74, 6) is 0.000650. The van der Waals surface area contributed by atoms with Crippen LogP contribution in [0.1, 0.15) is 30.5 Å². The summed E-state index contributed by atoms with van der Waals surface area (Å²) >= 11 is 0. The molecule has 1 saturated heterocycles. The van der Waals surface area contributed by atoms with E-state index < -0.39 is 11.7 Å². The number of likely N-dealkylation sites (tertiary alicyclic amines) is 1. The number of hydrogen-bond acceptors (Lipinski definition) is 3. The fraction of sp³-hybridized carbons (Fsp3) is 0.429. The zero-order valence-corrected chi connectivity index (χ0v) is 15.5. The van der Waals surface area contributed by atoms with Gasteiger partial charge in [-0.2, -0.15) is 13.2 Å². The first kappa shape index (κ1) is 18.9. The summed E-state index contributed by atoms with van der Waals surface area (Å²) in [6.45, 7) is 3.49. The van der Waals surface area contributed by atoms with E-state index in [9.17, 15) is 18.0 Å². The van der Waals surface area contributed by atoms with Gasteiger partial charge < -0.3 is 9.80 Å². The molecular weight excluding hydrogens is 367 g/mol. The van der Waals surface area contributed by atoms with Crippen LogP contribution in [0.25, 0.3) is 11.1 Å². The highest BCUT2D eigenvalue weighted by Gasteiger charge is 2.31. The molecule has 3 heterocycles. The van der Waals surface area contributed by atoms with Gasteiger partial charge >= 0.3 is 6.18 Å². The Kier molecular flexibility index (Phi) is 5.10. The maximum absolute atomic E-state index is 13.0. The second-order valence-electron chi connectivity index (χ2n) is 7.39. The first-order valence-electron chi connectivity index (χ1n) is 9.61. The number of nitrogens with zero attached hydrogens (tertiary/aromatic N) is 3. The summed E-state index contributed by atoms with van der Waals surface area (Å²) in [5.41, 5.74) is 1.75. The molecule has 0 N–H and O–H groups in total. The van der Waals surface area contributed by atoms with Crippen LogP contribution in [0.15, 0.2) is 36.5 Å². The molecule has 0 unspecified atom stereocenters. The predicted molar refractivity (Wildman–Crippen MR) is 101 cm³/mol. The minimum atomic E-state index is -4.39. The van der Waals surface area contributed by atoms with E-state index in [0.717, 1.165) is 37.5 Å². The number of fused-ring (bicyclic) bond motifs is 1. The van der Waals surface area contributed by atoms with Crippen LogP contribution in [-0.4, -0.2) is 42.0 Å². The summed E-state index contributed by atoms with van der Waals surface area (Å²) in [6.07, 6.45) is 1.04. The van der Waals surface area contributed by atoms with Gasteiger partial charge in [0, 0.05) is 24.8 Å². The van der Waals surface area contributed by atoms with Crippen LogP contribution < -0.4 is 4.90 Å². The van der Waals surface area contributed by atoms with Crippen LogP contribution in [0.5, 0.6) is 0 Å². The molecule has 2 aromatic rings. The zero-order valence-electron chi connectivity index (χ0n) is 15.5. The molecule has 7 heteroatoms. The van der Waals surface area contributed by atoms with Crippen molar-refractivity contribution in [1.29, 1.82) is 0 Å². The molecule has 0 bridgehead atoms. The number of piperidine rings is 1. The van der Waals surface area contributed by atoms with E-state index in [0.29, 0.717) is 23.4 Å². The van der Waals surface area contributed by atoms with Gasteiger partial charge in [-0.25, -0.2) is 0 Å². The highest BCUT2D eigenvalue weighted by molar-refractivity contribution is 6.01. The number of rotatable bonds is 4. The Balaban J connectivity index is 1.57. The van der Waals surface area contributed by atoms with Crippen LogP contribution in [0.2, 0.25) is 0 Å². The largest absolute Gasteiger partial charge is 0.416 e. The summed E-state index contributed by atoms with van der Waals surface area (Å²) in [7, 11) is 0. The van der Waals surface area contributed by atoms with E-state index in [4.69, 9.17) is 0 Å². The summed E-state index contributed by atoms with van der Waals surface area (Å²) < 4.78 is 39.1. The van der Waals surface area contributed by atoms with Gasteiger partial charge in [0.15, 0.2) is 0 Å². The average molecular weight is 389 g/mol. The molecule has 2 aliphatic rings. The maximum atomic E-state index is 13.0. The number of carbonyl (C=O) groups is 1. The molecule has 4 rings (SSSR count). The van der Waals surface area contributed by atoms with Gasteiger partial charge in [-0.1, -0.05) is 18.6 Å². The maximum Gasteiger partial charge on any atom is 0.416 e. The molecule has 2 aliphatic heterocycles. The quantitative estimate of drug-likeness (QED) is 0.789. The molecule has 1 aromatic heterocycles. The number of carbonyl (C=O) groups excluding carboxylic acids is 1. The number of benzene rings is 1. The Labute approximate surface area is 162 Å². The number of hydrogen-bond donors (Lipinski definition) is 0. The fourth-order valence-corrected chi connectivity index (χ4v) is 3.93. The topological polar surface area (TPSA) is 36.4 Å². The van der Waals surface area contributed by atoms with E-state index in [1.54, 1.807) is 23.2 Å². The van der Waals surface area contributed by atoms with Gasteiger partial charge in [0.2, 0.25) is 5.91 Å². The van der Waals surface area contributed by atoms with Gasteiger partial charge in [-0.05, 0) is 49.7 Å². The van der Waals surface area contributed by atoms with E-state index in [1.165, 1.54) is 25.3 Å². The van der Waals surface area contributed by atoms with E-state index >= 15 is 0 Å². The van der Waals surface area contributed by atoms with Crippen molar-refractivity contribution in [1.82, 2.24) is 9.88 Å². The minimum absolute atomic E-state index is 0.000650. The smallest absolute Gasteiger partial charge is 0.309 e. The van der Waals surface area contributed by atoms with E-state index in [2.05, 4.69) is 9.88 Å². The number of aromatic nitrogens is 1. The fourth-order valence-electron chi connectivity index (χ4n) is 3.93.